The Morgan fingerprint density at radius 1 is 1.46 bits per heavy atom. The zero-order valence-corrected chi connectivity index (χ0v) is 9.31. The number of ether oxygens (including phenoxy) is 1. The molecule has 72 valence electrons. The van der Waals surface area contributed by atoms with Crippen molar-refractivity contribution >= 4 is 11.8 Å². The molecule has 0 amide bonds. The number of rotatable bonds is 3. The minimum atomic E-state index is 0.186. The number of pyridine rings is 1. The Balaban J connectivity index is 2.85. The monoisotopic (exact) mass is 197 g/mol. The van der Waals surface area contributed by atoms with Crippen LogP contribution in [-0.2, 0) is 0 Å². The van der Waals surface area contributed by atoms with Crippen molar-refractivity contribution in [2.24, 2.45) is 0 Å². The van der Waals surface area contributed by atoms with Crippen molar-refractivity contribution in [2.75, 3.05) is 6.26 Å². The fraction of sp³-hybridized carbons (Fsp3) is 0.500. The molecule has 0 atom stereocenters. The highest BCUT2D eigenvalue weighted by molar-refractivity contribution is 7.98. The van der Waals surface area contributed by atoms with Crippen LogP contribution in [0.4, 0.5) is 0 Å². The van der Waals surface area contributed by atoms with Gasteiger partial charge in [0.25, 0.3) is 0 Å². The van der Waals surface area contributed by atoms with Gasteiger partial charge in [0.1, 0.15) is 0 Å². The topological polar surface area (TPSA) is 22.1 Å². The van der Waals surface area contributed by atoms with Crippen LogP contribution >= 0.6 is 11.8 Å². The number of aryl methyl sites for hydroxylation is 1. The van der Waals surface area contributed by atoms with Crippen LogP contribution in [0.2, 0.25) is 0 Å². The second-order valence-corrected chi connectivity index (χ2v) is 4.04. The summed E-state index contributed by atoms with van der Waals surface area (Å²) in [5, 5.41) is 0. The Labute approximate surface area is 83.7 Å². The highest BCUT2D eigenvalue weighted by Gasteiger charge is 2.03. The van der Waals surface area contributed by atoms with Crippen molar-refractivity contribution < 1.29 is 4.74 Å². The van der Waals surface area contributed by atoms with Gasteiger partial charge in [-0.3, -0.25) is 0 Å². The van der Waals surface area contributed by atoms with Gasteiger partial charge in [0, 0.05) is 16.7 Å². The largest absolute Gasteiger partial charge is 0.475 e. The van der Waals surface area contributed by atoms with Crippen molar-refractivity contribution in [1.82, 2.24) is 4.98 Å². The van der Waals surface area contributed by atoms with Gasteiger partial charge >= 0.3 is 0 Å². The number of nitrogens with zero attached hydrogens (tertiary/aromatic N) is 1. The van der Waals surface area contributed by atoms with E-state index >= 15 is 0 Å². The second-order valence-electron chi connectivity index (χ2n) is 3.16. The molecule has 1 aromatic heterocycles. The van der Waals surface area contributed by atoms with E-state index in [1.54, 1.807) is 11.8 Å². The van der Waals surface area contributed by atoms with Crippen LogP contribution in [0, 0.1) is 6.92 Å². The highest BCUT2D eigenvalue weighted by atomic mass is 32.2. The molecule has 0 spiro atoms. The van der Waals surface area contributed by atoms with Gasteiger partial charge in [0.2, 0.25) is 5.88 Å². The second kappa shape index (κ2) is 4.51. The Morgan fingerprint density at radius 2 is 2.15 bits per heavy atom. The van der Waals surface area contributed by atoms with Gasteiger partial charge in [0.05, 0.1) is 6.10 Å². The fourth-order valence-corrected chi connectivity index (χ4v) is 1.45. The lowest BCUT2D eigenvalue weighted by molar-refractivity contribution is 0.230. The van der Waals surface area contributed by atoms with Crippen LogP contribution < -0.4 is 4.74 Å². The van der Waals surface area contributed by atoms with E-state index in [1.807, 2.05) is 33.2 Å². The van der Waals surface area contributed by atoms with Crippen molar-refractivity contribution in [2.45, 2.75) is 31.8 Å². The normalized spacial score (nSPS) is 10.5. The molecule has 0 N–H and O–H groups in total. The summed E-state index contributed by atoms with van der Waals surface area (Å²) in [4.78, 5) is 5.42. The Morgan fingerprint density at radius 3 is 2.62 bits per heavy atom. The number of hydrogen-bond acceptors (Lipinski definition) is 3. The van der Waals surface area contributed by atoms with Crippen LogP contribution in [0.5, 0.6) is 5.88 Å². The van der Waals surface area contributed by atoms with Gasteiger partial charge in [0.15, 0.2) is 0 Å². The molecule has 2 nitrogen and oxygen atoms in total. The van der Waals surface area contributed by atoms with E-state index in [-0.39, 0.29) is 6.10 Å². The summed E-state index contributed by atoms with van der Waals surface area (Å²) in [6.07, 6.45) is 4.07. The van der Waals surface area contributed by atoms with Crippen LogP contribution in [0.1, 0.15) is 19.4 Å². The van der Waals surface area contributed by atoms with Gasteiger partial charge in [-0.2, -0.15) is 0 Å². The van der Waals surface area contributed by atoms with E-state index in [0.717, 1.165) is 11.4 Å². The molecule has 0 saturated carbocycles. The average Bonchev–Trinajstić information content (AvgIpc) is 2.08. The smallest absolute Gasteiger partial charge is 0.216 e. The van der Waals surface area contributed by atoms with E-state index in [0.29, 0.717) is 0 Å². The minimum Gasteiger partial charge on any atom is -0.475 e. The van der Waals surface area contributed by atoms with E-state index in [4.69, 9.17) is 4.74 Å². The van der Waals surface area contributed by atoms with Gasteiger partial charge in [-0.25, -0.2) is 4.98 Å². The molecule has 0 aromatic carbocycles. The summed E-state index contributed by atoms with van der Waals surface area (Å²) in [5.74, 6) is 0.743. The number of thioether (sulfide) groups is 1. The summed E-state index contributed by atoms with van der Waals surface area (Å²) in [7, 11) is 0. The summed E-state index contributed by atoms with van der Waals surface area (Å²) in [5.41, 5.74) is 1.10. The van der Waals surface area contributed by atoms with E-state index in [9.17, 15) is 0 Å². The lowest BCUT2D eigenvalue weighted by atomic mass is 10.3. The van der Waals surface area contributed by atoms with E-state index < -0.39 is 0 Å². The summed E-state index contributed by atoms with van der Waals surface area (Å²) >= 11 is 1.69. The first kappa shape index (κ1) is 10.4. The van der Waals surface area contributed by atoms with Crippen molar-refractivity contribution in [3.8, 4) is 5.88 Å². The summed E-state index contributed by atoms with van der Waals surface area (Å²) in [6, 6.07) is 2.09. The first-order chi connectivity index (χ1) is 6.13. The quantitative estimate of drug-likeness (QED) is 0.696. The number of aromatic nitrogens is 1. The fourth-order valence-electron chi connectivity index (χ4n) is 0.995. The lowest BCUT2D eigenvalue weighted by Gasteiger charge is -2.11. The third kappa shape index (κ3) is 2.92. The lowest BCUT2D eigenvalue weighted by Crippen LogP contribution is -2.07. The Hall–Kier alpha value is -0.700. The van der Waals surface area contributed by atoms with Crippen LogP contribution in [0.25, 0.3) is 0 Å². The molecule has 1 heterocycles. The van der Waals surface area contributed by atoms with E-state index in [1.165, 1.54) is 4.90 Å². The molecule has 1 aromatic rings. The maximum atomic E-state index is 5.52. The maximum Gasteiger partial charge on any atom is 0.216 e. The van der Waals surface area contributed by atoms with Gasteiger partial charge in [-0.1, -0.05) is 0 Å². The third-order valence-corrected chi connectivity index (χ3v) is 2.28. The molecule has 0 aliphatic rings. The predicted octanol–water partition coefficient (Wildman–Crippen LogP) is 2.90. The van der Waals surface area contributed by atoms with Gasteiger partial charge < -0.3 is 4.74 Å². The molecule has 0 aliphatic heterocycles. The zero-order valence-electron chi connectivity index (χ0n) is 8.50. The summed E-state index contributed by atoms with van der Waals surface area (Å²) < 4.78 is 5.52. The molecule has 3 heteroatoms. The minimum absolute atomic E-state index is 0.186. The standard InChI is InChI=1S/C10H15NOS/c1-7(2)12-10-8(3)5-9(13-4)6-11-10/h5-7H,1-4H3. The van der Waals surface area contributed by atoms with Crippen molar-refractivity contribution in [3.05, 3.63) is 17.8 Å². The molecule has 1 rings (SSSR count). The number of hydrogen-bond donors (Lipinski definition) is 0. The zero-order chi connectivity index (χ0) is 9.84. The van der Waals surface area contributed by atoms with Gasteiger partial charge in [-0.15, -0.1) is 11.8 Å². The molecule has 13 heavy (non-hydrogen) atoms. The maximum absolute atomic E-state index is 5.52. The van der Waals surface area contributed by atoms with Crippen molar-refractivity contribution in [3.63, 3.8) is 0 Å². The third-order valence-electron chi connectivity index (χ3n) is 1.59. The Kier molecular flexibility index (Phi) is 3.60. The predicted molar refractivity (Wildman–Crippen MR) is 56.5 cm³/mol. The molecule has 0 aliphatic carbocycles. The molecule has 0 radical (unpaired) electrons. The molecule has 0 fully saturated rings. The Bertz CT molecular complexity index is 286. The van der Waals surface area contributed by atoms with Crippen LogP contribution in [-0.4, -0.2) is 17.3 Å². The molecule has 0 unspecified atom stereocenters. The SMILES string of the molecule is CSc1cnc(OC(C)C)c(C)c1. The highest BCUT2D eigenvalue weighted by Crippen LogP contribution is 2.21. The molecular formula is C10H15NOS. The van der Waals surface area contributed by atoms with Gasteiger partial charge in [-0.05, 0) is 33.1 Å². The first-order valence-electron chi connectivity index (χ1n) is 4.30. The molecule has 0 saturated heterocycles. The van der Waals surface area contributed by atoms with Crippen molar-refractivity contribution in [1.29, 1.82) is 0 Å². The molecule has 0 bridgehead atoms. The van der Waals surface area contributed by atoms with E-state index in [2.05, 4.69) is 11.1 Å². The average molecular weight is 197 g/mol. The van der Waals surface area contributed by atoms with Crippen LogP contribution in [0.15, 0.2) is 17.2 Å². The first-order valence-corrected chi connectivity index (χ1v) is 5.53. The summed E-state index contributed by atoms with van der Waals surface area (Å²) in [6.45, 7) is 6.03. The van der Waals surface area contributed by atoms with Crippen LogP contribution in [0.3, 0.4) is 0 Å². The molecular weight excluding hydrogens is 182 g/mol.